The van der Waals surface area contributed by atoms with Gasteiger partial charge in [-0.25, -0.2) is 18.1 Å². The maximum atomic E-state index is 13.7. The molecule has 216 valence electrons. The molecule has 10 heteroatoms. The number of hydrogen-bond donors (Lipinski definition) is 2. The number of sulfonamides is 1. The van der Waals surface area contributed by atoms with Crippen LogP contribution in [0.5, 0.6) is 0 Å². The second-order valence-corrected chi connectivity index (χ2v) is 12.3. The van der Waals surface area contributed by atoms with Gasteiger partial charge in [-0.1, -0.05) is 57.5 Å². The quantitative estimate of drug-likeness (QED) is 0.388. The van der Waals surface area contributed by atoms with Gasteiger partial charge in [0.25, 0.3) is 5.91 Å². The van der Waals surface area contributed by atoms with Crippen molar-refractivity contribution in [2.75, 3.05) is 23.4 Å². The zero-order chi connectivity index (χ0) is 29.7. The number of aliphatic hydroxyl groups is 1. The number of nitrogens with one attached hydrogen (secondary N) is 1. The highest BCUT2D eigenvalue weighted by atomic mass is 32.2. The first-order valence-electron chi connectivity index (χ1n) is 13.7. The molecule has 0 bridgehead atoms. The molecule has 9 nitrogen and oxygen atoms in total. The van der Waals surface area contributed by atoms with Crippen LogP contribution in [0, 0.1) is 0 Å². The predicted molar refractivity (Wildman–Crippen MR) is 159 cm³/mol. The lowest BCUT2D eigenvalue weighted by molar-refractivity contribution is -0.132. The minimum absolute atomic E-state index is 0.0506. The van der Waals surface area contributed by atoms with Crippen LogP contribution in [-0.2, 0) is 27.0 Å². The number of hydrogen-bond acceptors (Lipinski definition) is 7. The van der Waals surface area contributed by atoms with Crippen molar-refractivity contribution in [3.8, 4) is 0 Å². The topological polar surface area (TPSA) is 116 Å². The Balaban J connectivity index is 0.00000216. The summed E-state index contributed by atoms with van der Waals surface area (Å²) in [5.74, 6) is 0.218. The third-order valence-corrected chi connectivity index (χ3v) is 8.19. The Morgan fingerprint density at radius 2 is 1.68 bits per heavy atom. The number of benzene rings is 2. The lowest BCUT2D eigenvalue weighted by Gasteiger charge is -2.24. The molecule has 40 heavy (non-hydrogen) atoms. The van der Waals surface area contributed by atoms with Gasteiger partial charge in [-0.05, 0) is 51.0 Å². The van der Waals surface area contributed by atoms with E-state index in [2.05, 4.69) is 21.6 Å². The molecule has 0 spiro atoms. The second-order valence-electron chi connectivity index (χ2n) is 10.6. The standard InChI is InChI=1S/C28H35N5O4S.C2H6/c1-6-7-16-32(5)25-18-29-21(17-30-25)19-33-24-11-9-8-10-23(24)28(35,26(33)34)20-12-14-22(15-13-20)38(36,37)31-27(2,3)4;1-2/h8-15,17-18,31,35H,6-7,16,19H2,1-5H3;1-2H3. The van der Waals surface area contributed by atoms with Crippen molar-refractivity contribution in [2.24, 2.45) is 0 Å². The summed E-state index contributed by atoms with van der Waals surface area (Å²) in [6, 6.07) is 12.8. The molecule has 2 heterocycles. The van der Waals surface area contributed by atoms with Gasteiger partial charge in [-0.15, -0.1) is 0 Å². The van der Waals surface area contributed by atoms with Gasteiger partial charge in [0, 0.05) is 24.7 Å². The molecule has 1 aliphatic heterocycles. The number of aromatic nitrogens is 2. The van der Waals surface area contributed by atoms with Gasteiger partial charge in [0.15, 0.2) is 5.60 Å². The maximum absolute atomic E-state index is 13.7. The molecule has 1 aliphatic rings. The van der Waals surface area contributed by atoms with Crippen LogP contribution in [0.1, 0.15) is 71.2 Å². The summed E-state index contributed by atoms with van der Waals surface area (Å²) in [7, 11) is -1.80. The van der Waals surface area contributed by atoms with E-state index in [9.17, 15) is 18.3 Å². The Bertz CT molecular complexity index is 1400. The van der Waals surface area contributed by atoms with Crippen molar-refractivity contribution in [2.45, 2.75) is 77.0 Å². The Morgan fingerprint density at radius 3 is 2.25 bits per heavy atom. The molecule has 1 atom stereocenters. The number of carbonyl (C=O) groups excluding carboxylic acids is 1. The summed E-state index contributed by atoms with van der Waals surface area (Å²) >= 11 is 0. The van der Waals surface area contributed by atoms with Crippen LogP contribution in [0.4, 0.5) is 11.5 Å². The molecule has 0 radical (unpaired) electrons. The first-order valence-corrected chi connectivity index (χ1v) is 15.2. The molecule has 1 aromatic heterocycles. The Kier molecular flexibility index (Phi) is 9.71. The average Bonchev–Trinajstić information content (AvgIpc) is 3.14. The first kappa shape index (κ1) is 31.2. The van der Waals surface area contributed by atoms with Gasteiger partial charge < -0.3 is 14.9 Å². The zero-order valence-electron chi connectivity index (χ0n) is 24.5. The summed E-state index contributed by atoms with van der Waals surface area (Å²) < 4.78 is 28.1. The Hall–Kier alpha value is -3.34. The fourth-order valence-electron chi connectivity index (χ4n) is 4.51. The van der Waals surface area contributed by atoms with Gasteiger partial charge in [0.1, 0.15) is 5.82 Å². The highest BCUT2D eigenvalue weighted by Gasteiger charge is 2.51. The molecule has 0 aliphatic carbocycles. The molecule has 1 unspecified atom stereocenters. The average molecular weight is 568 g/mol. The molecule has 2 N–H and O–H groups in total. The monoisotopic (exact) mass is 567 g/mol. The van der Waals surface area contributed by atoms with E-state index in [-0.39, 0.29) is 17.0 Å². The summed E-state index contributed by atoms with van der Waals surface area (Å²) in [5.41, 5.74) is -0.757. The first-order chi connectivity index (χ1) is 18.9. The van der Waals surface area contributed by atoms with E-state index in [1.54, 1.807) is 57.4 Å². The molecule has 1 amide bonds. The number of anilines is 2. The van der Waals surface area contributed by atoms with Crippen molar-refractivity contribution in [3.63, 3.8) is 0 Å². The van der Waals surface area contributed by atoms with Gasteiger partial charge in [0.2, 0.25) is 10.0 Å². The molecule has 0 fully saturated rings. The van der Waals surface area contributed by atoms with Crippen LogP contribution in [0.3, 0.4) is 0 Å². The third-order valence-electron chi connectivity index (χ3n) is 6.41. The SMILES string of the molecule is CC.CCCCN(C)c1cnc(CN2C(=O)C(O)(c3ccc(S(=O)(=O)NC(C)(C)C)cc3)c3ccccc32)cn1. The number of fused-ring (bicyclic) bond motifs is 1. The second kappa shape index (κ2) is 12.4. The zero-order valence-corrected chi connectivity index (χ0v) is 25.3. The minimum atomic E-state index is -3.76. The Morgan fingerprint density at radius 1 is 1.02 bits per heavy atom. The molecule has 0 saturated heterocycles. The smallest absolute Gasteiger partial charge is 0.268 e. The van der Waals surface area contributed by atoms with E-state index in [1.807, 2.05) is 25.8 Å². The van der Waals surface area contributed by atoms with E-state index in [0.29, 0.717) is 16.9 Å². The summed E-state index contributed by atoms with van der Waals surface area (Å²) in [6.07, 6.45) is 5.47. The van der Waals surface area contributed by atoms with E-state index in [1.165, 1.54) is 29.2 Å². The predicted octanol–water partition coefficient (Wildman–Crippen LogP) is 4.60. The number of nitrogens with zero attached hydrogens (tertiary/aromatic N) is 4. The molecular formula is C30H41N5O4S. The summed E-state index contributed by atoms with van der Waals surface area (Å²) in [4.78, 5) is 26.3. The fourth-order valence-corrected chi connectivity index (χ4v) is 5.93. The summed E-state index contributed by atoms with van der Waals surface area (Å²) in [6.45, 7) is 12.4. The number of unbranched alkanes of at least 4 members (excludes halogenated alkanes) is 1. The van der Waals surface area contributed by atoms with Crippen LogP contribution < -0.4 is 14.5 Å². The van der Waals surface area contributed by atoms with E-state index in [4.69, 9.17) is 0 Å². The molecule has 0 saturated carbocycles. The van der Waals surface area contributed by atoms with Crippen LogP contribution >= 0.6 is 0 Å². The van der Waals surface area contributed by atoms with Crippen molar-refractivity contribution >= 4 is 27.4 Å². The van der Waals surface area contributed by atoms with Crippen molar-refractivity contribution in [1.29, 1.82) is 0 Å². The minimum Gasteiger partial charge on any atom is -0.372 e. The Labute approximate surface area is 238 Å². The van der Waals surface area contributed by atoms with Crippen molar-refractivity contribution in [1.82, 2.24) is 14.7 Å². The van der Waals surface area contributed by atoms with E-state index >= 15 is 0 Å². The lowest BCUT2D eigenvalue weighted by atomic mass is 9.87. The highest BCUT2D eigenvalue weighted by molar-refractivity contribution is 7.89. The lowest BCUT2D eigenvalue weighted by Crippen LogP contribution is -2.41. The number of amides is 1. The van der Waals surface area contributed by atoms with Crippen LogP contribution in [-0.4, -0.2) is 48.5 Å². The van der Waals surface area contributed by atoms with E-state index in [0.717, 1.165) is 25.2 Å². The number of rotatable bonds is 9. The van der Waals surface area contributed by atoms with Gasteiger partial charge in [-0.2, -0.15) is 0 Å². The van der Waals surface area contributed by atoms with Crippen molar-refractivity contribution < 1.29 is 18.3 Å². The molecule has 3 aromatic rings. The van der Waals surface area contributed by atoms with Crippen LogP contribution in [0.2, 0.25) is 0 Å². The van der Waals surface area contributed by atoms with Gasteiger partial charge in [-0.3, -0.25) is 9.78 Å². The molecule has 4 rings (SSSR count). The van der Waals surface area contributed by atoms with Crippen LogP contribution in [0.15, 0.2) is 65.8 Å². The number of para-hydroxylation sites is 1. The highest BCUT2D eigenvalue weighted by Crippen LogP contribution is 2.45. The summed E-state index contributed by atoms with van der Waals surface area (Å²) in [5, 5.41) is 11.8. The largest absolute Gasteiger partial charge is 0.372 e. The van der Waals surface area contributed by atoms with Crippen molar-refractivity contribution in [3.05, 3.63) is 77.7 Å². The molecule has 2 aromatic carbocycles. The molecular weight excluding hydrogens is 526 g/mol. The van der Waals surface area contributed by atoms with E-state index < -0.39 is 27.1 Å². The third kappa shape index (κ3) is 6.51. The van der Waals surface area contributed by atoms with Crippen LogP contribution in [0.25, 0.3) is 0 Å². The normalized spacial score (nSPS) is 16.8. The maximum Gasteiger partial charge on any atom is 0.268 e. The van der Waals surface area contributed by atoms with Gasteiger partial charge >= 0.3 is 0 Å². The van der Waals surface area contributed by atoms with Gasteiger partial charge in [0.05, 0.1) is 35.2 Å². The fraction of sp³-hybridized carbons (Fsp3) is 0.433. The number of carbonyl (C=O) groups is 1.